The zero-order valence-electron chi connectivity index (χ0n) is 12.5. The molecule has 0 radical (unpaired) electrons. The first-order chi connectivity index (χ1) is 11.1. The lowest BCUT2D eigenvalue weighted by molar-refractivity contribution is -0.115. The van der Waals surface area contributed by atoms with Crippen LogP contribution in [0.2, 0.25) is 10.0 Å². The normalized spacial score (nSPS) is 17.6. The van der Waals surface area contributed by atoms with E-state index in [9.17, 15) is 4.79 Å². The maximum atomic E-state index is 12.4. The first kappa shape index (κ1) is 16.5. The molecule has 1 heterocycles. The molecule has 1 saturated heterocycles. The molecule has 0 aliphatic carbocycles. The zero-order chi connectivity index (χ0) is 16.4. The average molecular weight is 368 g/mol. The molecule has 2 aromatic carbocycles. The van der Waals surface area contributed by atoms with Crippen LogP contribution in [0, 0.1) is 0 Å². The summed E-state index contributed by atoms with van der Waals surface area (Å²) in [6.07, 6.45) is 0. The second-order valence-electron chi connectivity index (χ2n) is 5.00. The molecule has 3 rings (SSSR count). The van der Waals surface area contributed by atoms with E-state index in [4.69, 9.17) is 27.9 Å². The van der Waals surface area contributed by atoms with E-state index < -0.39 is 0 Å². The monoisotopic (exact) mass is 367 g/mol. The number of anilines is 1. The fraction of sp³-hybridized carbons (Fsp3) is 0.235. The van der Waals surface area contributed by atoms with Crippen molar-refractivity contribution in [3.8, 4) is 5.75 Å². The van der Waals surface area contributed by atoms with Gasteiger partial charge in [0.1, 0.15) is 11.1 Å². The summed E-state index contributed by atoms with van der Waals surface area (Å²) >= 11 is 14.0. The average Bonchev–Trinajstić information content (AvgIpc) is 2.93. The Labute approximate surface area is 149 Å². The van der Waals surface area contributed by atoms with Crippen molar-refractivity contribution in [1.82, 2.24) is 0 Å². The first-order valence-corrected chi connectivity index (χ1v) is 9.02. The smallest absolute Gasteiger partial charge is 0.238 e. The summed E-state index contributed by atoms with van der Waals surface area (Å²) in [5.41, 5.74) is 1.67. The Morgan fingerprint density at radius 3 is 2.65 bits per heavy atom. The molecule has 3 nitrogen and oxygen atoms in total. The van der Waals surface area contributed by atoms with Gasteiger partial charge in [0.05, 0.1) is 22.4 Å². The summed E-state index contributed by atoms with van der Waals surface area (Å²) in [5, 5.41) is 0.819. The number of benzene rings is 2. The minimum Gasteiger partial charge on any atom is -0.494 e. The highest BCUT2D eigenvalue weighted by molar-refractivity contribution is 8.00. The van der Waals surface area contributed by atoms with Crippen LogP contribution in [-0.2, 0) is 4.79 Å². The molecule has 1 aliphatic heterocycles. The molecule has 0 aromatic heterocycles. The van der Waals surface area contributed by atoms with Crippen LogP contribution in [0.5, 0.6) is 5.75 Å². The van der Waals surface area contributed by atoms with Crippen LogP contribution in [0.25, 0.3) is 0 Å². The predicted molar refractivity (Wildman–Crippen MR) is 96.8 cm³/mol. The summed E-state index contributed by atoms with van der Waals surface area (Å²) in [7, 11) is 0. The van der Waals surface area contributed by atoms with Crippen LogP contribution in [0.15, 0.2) is 42.5 Å². The number of hydrogen-bond acceptors (Lipinski definition) is 3. The molecule has 1 fully saturated rings. The van der Waals surface area contributed by atoms with E-state index in [1.807, 2.05) is 43.3 Å². The van der Waals surface area contributed by atoms with Gasteiger partial charge in [-0.25, -0.2) is 0 Å². The molecule has 1 unspecified atom stereocenters. The number of thioether (sulfide) groups is 1. The molecule has 2 aromatic rings. The fourth-order valence-electron chi connectivity index (χ4n) is 2.51. The number of carbonyl (C=O) groups is 1. The number of amides is 1. The highest BCUT2D eigenvalue weighted by Crippen LogP contribution is 2.45. The van der Waals surface area contributed by atoms with E-state index in [1.165, 1.54) is 0 Å². The molecule has 0 bridgehead atoms. The molecule has 0 spiro atoms. The lowest BCUT2D eigenvalue weighted by Gasteiger charge is -2.25. The van der Waals surface area contributed by atoms with Gasteiger partial charge in [-0.05, 0) is 37.3 Å². The van der Waals surface area contributed by atoms with Crippen LogP contribution in [-0.4, -0.2) is 18.3 Å². The fourth-order valence-corrected chi connectivity index (χ4v) is 4.19. The van der Waals surface area contributed by atoms with Crippen molar-refractivity contribution in [2.24, 2.45) is 0 Å². The van der Waals surface area contributed by atoms with Crippen LogP contribution < -0.4 is 9.64 Å². The standard InChI is InChI=1S/C17H15Cl2NO2S/c1-2-22-12-8-6-11(7-9-12)20-15(21)10-23-17(20)13-4-3-5-14(18)16(13)19/h3-9,17H,2,10H2,1H3. The van der Waals surface area contributed by atoms with E-state index in [2.05, 4.69) is 0 Å². The Hall–Kier alpha value is -1.36. The topological polar surface area (TPSA) is 29.5 Å². The maximum absolute atomic E-state index is 12.4. The van der Waals surface area contributed by atoms with Gasteiger partial charge >= 0.3 is 0 Å². The number of ether oxygens (including phenoxy) is 1. The van der Waals surface area contributed by atoms with Crippen LogP contribution in [0.1, 0.15) is 17.9 Å². The van der Waals surface area contributed by atoms with Gasteiger partial charge in [-0.15, -0.1) is 11.8 Å². The molecule has 23 heavy (non-hydrogen) atoms. The Morgan fingerprint density at radius 2 is 1.96 bits per heavy atom. The molecule has 0 N–H and O–H groups in total. The van der Waals surface area contributed by atoms with Crippen molar-refractivity contribution in [2.75, 3.05) is 17.3 Å². The van der Waals surface area contributed by atoms with Crippen LogP contribution >= 0.6 is 35.0 Å². The quantitative estimate of drug-likeness (QED) is 0.746. The Kier molecular flexibility index (Phi) is 5.05. The van der Waals surface area contributed by atoms with Gasteiger partial charge in [-0.2, -0.15) is 0 Å². The number of nitrogens with zero attached hydrogens (tertiary/aromatic N) is 1. The molecule has 0 saturated carbocycles. The van der Waals surface area contributed by atoms with E-state index in [-0.39, 0.29) is 11.3 Å². The summed E-state index contributed by atoms with van der Waals surface area (Å²) < 4.78 is 5.45. The van der Waals surface area contributed by atoms with Crippen LogP contribution in [0.3, 0.4) is 0 Å². The lowest BCUT2D eigenvalue weighted by atomic mass is 10.2. The van der Waals surface area contributed by atoms with E-state index in [1.54, 1.807) is 22.7 Å². The van der Waals surface area contributed by atoms with E-state index in [0.717, 1.165) is 17.0 Å². The van der Waals surface area contributed by atoms with Crippen molar-refractivity contribution in [3.63, 3.8) is 0 Å². The summed E-state index contributed by atoms with van der Waals surface area (Å²) in [4.78, 5) is 14.1. The van der Waals surface area contributed by atoms with Crippen molar-refractivity contribution in [3.05, 3.63) is 58.1 Å². The third-order valence-corrected chi connectivity index (χ3v) is 5.57. The van der Waals surface area contributed by atoms with E-state index >= 15 is 0 Å². The molecule has 120 valence electrons. The molecular weight excluding hydrogens is 353 g/mol. The van der Waals surface area contributed by atoms with Gasteiger partial charge in [-0.3, -0.25) is 9.69 Å². The molecule has 1 aliphatic rings. The van der Waals surface area contributed by atoms with E-state index in [0.29, 0.717) is 22.4 Å². The molecule has 6 heteroatoms. The van der Waals surface area contributed by atoms with Gasteiger partial charge in [0.25, 0.3) is 0 Å². The number of halogens is 2. The Balaban J connectivity index is 1.95. The predicted octanol–water partition coefficient (Wildman–Crippen LogP) is 5.17. The molecule has 1 amide bonds. The molecule has 1 atom stereocenters. The third kappa shape index (κ3) is 3.30. The third-order valence-electron chi connectivity index (χ3n) is 3.54. The second-order valence-corrected chi connectivity index (χ2v) is 6.85. The van der Waals surface area contributed by atoms with Gasteiger partial charge in [0.15, 0.2) is 0 Å². The minimum absolute atomic E-state index is 0.0557. The van der Waals surface area contributed by atoms with Crippen molar-refractivity contribution in [1.29, 1.82) is 0 Å². The van der Waals surface area contributed by atoms with Crippen molar-refractivity contribution >= 4 is 46.6 Å². The van der Waals surface area contributed by atoms with Crippen molar-refractivity contribution < 1.29 is 9.53 Å². The largest absolute Gasteiger partial charge is 0.494 e. The summed E-state index contributed by atoms with van der Waals surface area (Å²) in [5.74, 6) is 1.26. The second kappa shape index (κ2) is 7.04. The summed E-state index contributed by atoms with van der Waals surface area (Å²) in [6, 6.07) is 13.0. The Bertz CT molecular complexity index is 721. The molecular formula is C17H15Cl2NO2S. The number of carbonyl (C=O) groups excluding carboxylic acids is 1. The van der Waals surface area contributed by atoms with Crippen LogP contribution in [0.4, 0.5) is 5.69 Å². The highest BCUT2D eigenvalue weighted by atomic mass is 35.5. The number of rotatable bonds is 4. The van der Waals surface area contributed by atoms with Gasteiger partial charge in [0, 0.05) is 11.3 Å². The van der Waals surface area contributed by atoms with Gasteiger partial charge in [0.2, 0.25) is 5.91 Å². The van der Waals surface area contributed by atoms with Crippen molar-refractivity contribution in [2.45, 2.75) is 12.3 Å². The SMILES string of the molecule is CCOc1ccc(N2C(=O)CSC2c2cccc(Cl)c2Cl)cc1. The first-order valence-electron chi connectivity index (χ1n) is 7.22. The Morgan fingerprint density at radius 1 is 1.22 bits per heavy atom. The number of hydrogen-bond donors (Lipinski definition) is 0. The summed E-state index contributed by atoms with van der Waals surface area (Å²) in [6.45, 7) is 2.55. The lowest BCUT2D eigenvalue weighted by Crippen LogP contribution is -2.27. The maximum Gasteiger partial charge on any atom is 0.238 e. The van der Waals surface area contributed by atoms with Gasteiger partial charge in [-0.1, -0.05) is 35.3 Å². The van der Waals surface area contributed by atoms with Gasteiger partial charge < -0.3 is 4.74 Å². The zero-order valence-corrected chi connectivity index (χ0v) is 14.8. The minimum atomic E-state index is -0.174. The highest BCUT2D eigenvalue weighted by Gasteiger charge is 2.35.